The van der Waals surface area contributed by atoms with E-state index in [0.29, 0.717) is 11.8 Å². The van der Waals surface area contributed by atoms with Crippen LogP contribution in [0.3, 0.4) is 0 Å². The lowest BCUT2D eigenvalue weighted by atomic mass is 10.2. The molecular formula is C16H21N5OS. The van der Waals surface area contributed by atoms with Crippen molar-refractivity contribution in [1.82, 2.24) is 25.0 Å². The molecule has 0 spiro atoms. The van der Waals surface area contributed by atoms with Gasteiger partial charge in [-0.2, -0.15) is 16.9 Å². The van der Waals surface area contributed by atoms with Crippen LogP contribution in [0, 0.1) is 0 Å². The standard InChI is InChI=1S/C16H21N5OS/c1-2-15-10-20(7-8-23-15)16(22)18-9-13-3-5-14(6-4-13)21-12-17-11-19-21/h3-6,11-12,15H,2,7-10H2,1H3,(H,18,22). The van der Waals surface area contributed by atoms with E-state index in [1.54, 1.807) is 11.0 Å². The lowest BCUT2D eigenvalue weighted by Crippen LogP contribution is -2.46. The van der Waals surface area contributed by atoms with Crippen LogP contribution in [0.4, 0.5) is 4.79 Å². The van der Waals surface area contributed by atoms with E-state index in [4.69, 9.17) is 0 Å². The minimum Gasteiger partial charge on any atom is -0.334 e. The molecule has 1 aliphatic rings. The second-order valence-electron chi connectivity index (χ2n) is 5.51. The number of nitrogens with zero attached hydrogens (tertiary/aromatic N) is 4. The summed E-state index contributed by atoms with van der Waals surface area (Å²) < 4.78 is 1.71. The Hall–Kier alpha value is -2.02. The number of aromatic nitrogens is 3. The molecule has 2 heterocycles. The van der Waals surface area contributed by atoms with Crippen molar-refractivity contribution >= 4 is 17.8 Å². The smallest absolute Gasteiger partial charge is 0.317 e. The van der Waals surface area contributed by atoms with Gasteiger partial charge in [0, 0.05) is 30.6 Å². The first-order valence-electron chi connectivity index (χ1n) is 7.84. The highest BCUT2D eigenvalue weighted by Gasteiger charge is 2.22. The molecular weight excluding hydrogens is 310 g/mol. The van der Waals surface area contributed by atoms with Gasteiger partial charge in [-0.15, -0.1) is 0 Å². The third-order valence-corrected chi connectivity index (χ3v) is 5.32. The third-order valence-electron chi connectivity index (χ3n) is 3.94. The molecule has 1 N–H and O–H groups in total. The normalized spacial score (nSPS) is 18.0. The van der Waals surface area contributed by atoms with Crippen molar-refractivity contribution in [2.24, 2.45) is 0 Å². The Labute approximate surface area is 140 Å². The second kappa shape index (κ2) is 7.50. The van der Waals surface area contributed by atoms with Crippen LogP contribution in [0.15, 0.2) is 36.9 Å². The van der Waals surface area contributed by atoms with E-state index >= 15 is 0 Å². The lowest BCUT2D eigenvalue weighted by molar-refractivity contribution is 0.199. The summed E-state index contributed by atoms with van der Waals surface area (Å²) in [7, 11) is 0. The highest BCUT2D eigenvalue weighted by atomic mass is 32.2. The number of rotatable bonds is 4. The fourth-order valence-electron chi connectivity index (χ4n) is 2.55. The molecule has 1 aliphatic heterocycles. The maximum Gasteiger partial charge on any atom is 0.317 e. The highest BCUT2D eigenvalue weighted by molar-refractivity contribution is 8.00. The summed E-state index contributed by atoms with van der Waals surface area (Å²) in [5.74, 6) is 1.03. The summed E-state index contributed by atoms with van der Waals surface area (Å²) in [6.07, 6.45) is 4.28. The third kappa shape index (κ3) is 4.04. The largest absolute Gasteiger partial charge is 0.334 e. The van der Waals surface area contributed by atoms with Crippen LogP contribution in [-0.4, -0.2) is 49.8 Å². The summed E-state index contributed by atoms with van der Waals surface area (Å²) in [5, 5.41) is 7.67. The molecule has 0 radical (unpaired) electrons. The molecule has 1 aromatic carbocycles. The minimum absolute atomic E-state index is 0.0316. The topological polar surface area (TPSA) is 63.1 Å². The number of carbonyl (C=O) groups is 1. The molecule has 2 aromatic rings. The molecule has 122 valence electrons. The van der Waals surface area contributed by atoms with Gasteiger partial charge < -0.3 is 10.2 Å². The zero-order chi connectivity index (χ0) is 16.1. The zero-order valence-electron chi connectivity index (χ0n) is 13.2. The van der Waals surface area contributed by atoms with Gasteiger partial charge in [-0.05, 0) is 24.1 Å². The number of hydrogen-bond acceptors (Lipinski definition) is 4. The number of urea groups is 1. The number of benzene rings is 1. The molecule has 1 atom stereocenters. The molecule has 23 heavy (non-hydrogen) atoms. The molecule has 1 fully saturated rings. The predicted molar refractivity (Wildman–Crippen MR) is 91.7 cm³/mol. The van der Waals surface area contributed by atoms with Gasteiger partial charge in [-0.3, -0.25) is 0 Å². The zero-order valence-corrected chi connectivity index (χ0v) is 14.0. The van der Waals surface area contributed by atoms with Gasteiger partial charge in [0.05, 0.1) is 5.69 Å². The predicted octanol–water partition coefficient (Wildman–Crippen LogP) is 2.30. The molecule has 7 heteroatoms. The maximum absolute atomic E-state index is 12.3. The molecule has 2 amide bonds. The second-order valence-corrected chi connectivity index (χ2v) is 6.92. The van der Waals surface area contributed by atoms with E-state index in [-0.39, 0.29) is 6.03 Å². The lowest BCUT2D eigenvalue weighted by Gasteiger charge is -2.31. The maximum atomic E-state index is 12.3. The minimum atomic E-state index is 0.0316. The van der Waals surface area contributed by atoms with Crippen molar-refractivity contribution in [2.75, 3.05) is 18.8 Å². The van der Waals surface area contributed by atoms with Gasteiger partial charge in [-0.25, -0.2) is 14.5 Å². The van der Waals surface area contributed by atoms with E-state index < -0.39 is 0 Å². The number of hydrogen-bond donors (Lipinski definition) is 1. The van der Waals surface area contributed by atoms with Gasteiger partial charge in [0.15, 0.2) is 0 Å². The van der Waals surface area contributed by atoms with Crippen molar-refractivity contribution < 1.29 is 4.79 Å². The summed E-state index contributed by atoms with van der Waals surface area (Å²) in [6.45, 7) is 4.39. The van der Waals surface area contributed by atoms with E-state index in [0.717, 1.165) is 36.5 Å². The van der Waals surface area contributed by atoms with E-state index in [1.807, 2.05) is 40.9 Å². The number of carbonyl (C=O) groups excluding carboxylic acids is 1. The van der Waals surface area contributed by atoms with Crippen LogP contribution in [-0.2, 0) is 6.54 Å². The van der Waals surface area contributed by atoms with Crippen LogP contribution in [0.5, 0.6) is 0 Å². The van der Waals surface area contributed by atoms with Gasteiger partial charge in [0.2, 0.25) is 0 Å². The molecule has 6 nitrogen and oxygen atoms in total. The van der Waals surface area contributed by atoms with Crippen molar-refractivity contribution in [3.63, 3.8) is 0 Å². The van der Waals surface area contributed by atoms with E-state index in [1.165, 1.54) is 6.33 Å². The van der Waals surface area contributed by atoms with Crippen LogP contribution in [0.25, 0.3) is 5.69 Å². The average molecular weight is 331 g/mol. The number of nitrogens with one attached hydrogen (secondary N) is 1. The molecule has 1 aromatic heterocycles. The quantitative estimate of drug-likeness (QED) is 0.934. The Morgan fingerprint density at radius 2 is 2.22 bits per heavy atom. The average Bonchev–Trinajstić information content (AvgIpc) is 3.15. The number of amides is 2. The molecule has 1 unspecified atom stereocenters. The Kier molecular flexibility index (Phi) is 5.17. The first-order chi connectivity index (χ1) is 11.3. The first-order valence-corrected chi connectivity index (χ1v) is 8.89. The van der Waals surface area contributed by atoms with Gasteiger partial charge >= 0.3 is 6.03 Å². The Bertz CT molecular complexity index is 628. The van der Waals surface area contributed by atoms with Gasteiger partial charge in [-0.1, -0.05) is 19.1 Å². The van der Waals surface area contributed by atoms with Crippen molar-refractivity contribution in [3.8, 4) is 5.69 Å². The van der Waals surface area contributed by atoms with E-state index in [9.17, 15) is 4.79 Å². The molecule has 0 saturated carbocycles. The first kappa shape index (κ1) is 15.9. The van der Waals surface area contributed by atoms with Crippen molar-refractivity contribution in [1.29, 1.82) is 0 Å². The van der Waals surface area contributed by atoms with E-state index in [2.05, 4.69) is 22.3 Å². The molecule has 0 aliphatic carbocycles. The van der Waals surface area contributed by atoms with Gasteiger partial charge in [0.1, 0.15) is 12.7 Å². The summed E-state index contributed by atoms with van der Waals surface area (Å²) in [5.41, 5.74) is 2.03. The fourth-order valence-corrected chi connectivity index (χ4v) is 3.73. The molecule has 1 saturated heterocycles. The van der Waals surface area contributed by atoms with Crippen molar-refractivity contribution in [3.05, 3.63) is 42.5 Å². The highest BCUT2D eigenvalue weighted by Crippen LogP contribution is 2.21. The monoisotopic (exact) mass is 331 g/mol. The molecule has 3 rings (SSSR count). The Balaban J connectivity index is 1.52. The van der Waals surface area contributed by atoms with Gasteiger partial charge in [0.25, 0.3) is 0 Å². The number of thioether (sulfide) groups is 1. The SMILES string of the molecule is CCC1CN(C(=O)NCc2ccc(-n3cncn3)cc2)CCS1. The summed E-state index contributed by atoms with van der Waals surface area (Å²) in [6, 6.07) is 7.97. The fraction of sp³-hybridized carbons (Fsp3) is 0.438. The van der Waals surface area contributed by atoms with Crippen LogP contribution >= 0.6 is 11.8 Å². The van der Waals surface area contributed by atoms with Crippen LogP contribution < -0.4 is 5.32 Å². The Morgan fingerprint density at radius 3 is 2.91 bits per heavy atom. The summed E-state index contributed by atoms with van der Waals surface area (Å²) >= 11 is 1.96. The Morgan fingerprint density at radius 1 is 1.39 bits per heavy atom. The summed E-state index contributed by atoms with van der Waals surface area (Å²) in [4.78, 5) is 18.1. The van der Waals surface area contributed by atoms with Crippen molar-refractivity contribution in [2.45, 2.75) is 25.1 Å². The molecule has 0 bridgehead atoms. The van der Waals surface area contributed by atoms with Crippen LogP contribution in [0.1, 0.15) is 18.9 Å². The van der Waals surface area contributed by atoms with Crippen LogP contribution in [0.2, 0.25) is 0 Å².